The molecule has 3 rings (SSSR count). The van der Waals surface area contributed by atoms with E-state index in [1.54, 1.807) is 7.11 Å². The molecule has 1 heterocycles. The number of carbonyl (C=O) groups excluding carboxylic acids is 1. The number of hydrogen-bond donors (Lipinski definition) is 0. The fourth-order valence-corrected chi connectivity index (χ4v) is 4.25. The van der Waals surface area contributed by atoms with E-state index in [0.29, 0.717) is 18.3 Å². The largest absolute Gasteiger partial charge is 0.497 e. The number of alkyl halides is 3. The molecule has 1 fully saturated rings. The third kappa shape index (κ3) is 5.03. The summed E-state index contributed by atoms with van der Waals surface area (Å²) in [7, 11) is 1.66. The third-order valence-electron chi connectivity index (χ3n) is 6.52. The SMILES string of the molecule is COc1cccc(C2(C)CCN(CN(C(C)=O)c3ccc(C(F)(F)F)cc3)CC2C)c1. The van der Waals surface area contributed by atoms with Gasteiger partial charge < -0.3 is 4.74 Å². The molecule has 7 heteroatoms. The fourth-order valence-electron chi connectivity index (χ4n) is 4.25. The molecule has 168 valence electrons. The van der Waals surface area contributed by atoms with Crippen LogP contribution in [0, 0.1) is 5.92 Å². The van der Waals surface area contributed by atoms with Crippen molar-refractivity contribution in [3.05, 3.63) is 59.7 Å². The quantitative estimate of drug-likeness (QED) is 0.638. The number of anilines is 1. The fraction of sp³-hybridized carbons (Fsp3) is 0.458. The van der Waals surface area contributed by atoms with Gasteiger partial charge in [-0.25, -0.2) is 0 Å². The molecule has 31 heavy (non-hydrogen) atoms. The molecule has 1 aliphatic heterocycles. The van der Waals surface area contributed by atoms with E-state index >= 15 is 0 Å². The molecule has 0 radical (unpaired) electrons. The molecule has 4 nitrogen and oxygen atoms in total. The molecule has 0 bridgehead atoms. The predicted molar refractivity (Wildman–Crippen MR) is 115 cm³/mol. The molecule has 2 aromatic rings. The summed E-state index contributed by atoms with van der Waals surface area (Å²) in [4.78, 5) is 16.0. The highest BCUT2D eigenvalue weighted by Crippen LogP contribution is 2.40. The average Bonchev–Trinajstić information content (AvgIpc) is 2.74. The lowest BCUT2D eigenvalue weighted by Crippen LogP contribution is -2.51. The van der Waals surface area contributed by atoms with Crippen LogP contribution in [-0.4, -0.2) is 37.7 Å². The van der Waals surface area contributed by atoms with Gasteiger partial charge in [-0.15, -0.1) is 0 Å². The average molecular weight is 435 g/mol. The molecule has 0 spiro atoms. The van der Waals surface area contributed by atoms with Gasteiger partial charge in [0.1, 0.15) is 5.75 Å². The normalized spacial score (nSPS) is 22.2. The van der Waals surface area contributed by atoms with Gasteiger partial charge >= 0.3 is 6.18 Å². The standard InChI is InChI=1S/C24H29F3N2O2/c1-17-15-28(13-12-23(17,3)20-6-5-7-22(14-20)31-4)16-29(18(2)30)21-10-8-19(9-11-21)24(25,26)27/h5-11,14,17H,12-13,15-16H2,1-4H3. The van der Waals surface area contributed by atoms with Crippen LogP contribution in [0.4, 0.5) is 18.9 Å². The number of benzene rings is 2. The Kier molecular flexibility index (Phi) is 6.65. The second-order valence-electron chi connectivity index (χ2n) is 8.51. The van der Waals surface area contributed by atoms with Crippen LogP contribution < -0.4 is 9.64 Å². The summed E-state index contributed by atoms with van der Waals surface area (Å²) < 4.78 is 44.0. The van der Waals surface area contributed by atoms with Gasteiger partial charge in [-0.1, -0.05) is 26.0 Å². The Hall–Kier alpha value is -2.54. The molecule has 2 aromatic carbocycles. The predicted octanol–water partition coefficient (Wildman–Crippen LogP) is 5.32. The van der Waals surface area contributed by atoms with E-state index in [9.17, 15) is 18.0 Å². The zero-order valence-corrected chi connectivity index (χ0v) is 18.4. The lowest BCUT2D eigenvalue weighted by atomic mass is 9.68. The maximum absolute atomic E-state index is 12.9. The van der Waals surface area contributed by atoms with E-state index in [1.807, 2.05) is 12.1 Å². The van der Waals surface area contributed by atoms with Crippen LogP contribution in [0.25, 0.3) is 0 Å². The molecule has 2 atom stereocenters. The zero-order chi connectivity index (χ0) is 22.8. The highest BCUT2D eigenvalue weighted by atomic mass is 19.4. The van der Waals surface area contributed by atoms with Crippen LogP contribution in [0.15, 0.2) is 48.5 Å². The minimum Gasteiger partial charge on any atom is -0.497 e. The number of likely N-dealkylation sites (tertiary alicyclic amines) is 1. The van der Waals surface area contributed by atoms with Crippen molar-refractivity contribution in [3.8, 4) is 5.75 Å². The van der Waals surface area contributed by atoms with E-state index < -0.39 is 11.7 Å². The highest BCUT2D eigenvalue weighted by molar-refractivity contribution is 5.91. The van der Waals surface area contributed by atoms with E-state index in [2.05, 4.69) is 30.9 Å². The molecule has 1 aliphatic rings. The number of ether oxygens (including phenoxy) is 1. The monoisotopic (exact) mass is 434 g/mol. The van der Waals surface area contributed by atoms with Gasteiger partial charge in [0.25, 0.3) is 0 Å². The number of rotatable bonds is 5. The van der Waals surface area contributed by atoms with E-state index in [1.165, 1.54) is 29.5 Å². The Labute approximate surface area is 181 Å². The summed E-state index contributed by atoms with van der Waals surface area (Å²) >= 11 is 0. The Morgan fingerprint density at radius 1 is 1.23 bits per heavy atom. The second-order valence-corrected chi connectivity index (χ2v) is 8.51. The Morgan fingerprint density at radius 2 is 1.90 bits per heavy atom. The van der Waals surface area contributed by atoms with Crippen LogP contribution in [0.2, 0.25) is 0 Å². The van der Waals surface area contributed by atoms with Crippen LogP contribution in [0.3, 0.4) is 0 Å². The number of halogens is 3. The molecular weight excluding hydrogens is 405 g/mol. The summed E-state index contributed by atoms with van der Waals surface area (Å²) in [5.74, 6) is 0.946. The number of hydrogen-bond acceptors (Lipinski definition) is 3. The molecule has 1 amide bonds. The maximum Gasteiger partial charge on any atom is 0.416 e. The van der Waals surface area contributed by atoms with Crippen molar-refractivity contribution in [2.75, 3.05) is 31.8 Å². The first-order valence-corrected chi connectivity index (χ1v) is 10.4. The molecule has 0 aliphatic carbocycles. The maximum atomic E-state index is 12.9. The van der Waals surface area contributed by atoms with Gasteiger partial charge in [0, 0.05) is 25.7 Å². The molecule has 0 aromatic heterocycles. The topological polar surface area (TPSA) is 32.8 Å². The first-order chi connectivity index (χ1) is 14.5. The van der Waals surface area contributed by atoms with Crippen LogP contribution in [0.5, 0.6) is 5.75 Å². The Bertz CT molecular complexity index is 914. The summed E-state index contributed by atoms with van der Waals surface area (Å²) in [6.07, 6.45) is -3.49. The molecule has 0 saturated carbocycles. The molecule has 2 unspecified atom stereocenters. The van der Waals surface area contributed by atoms with Crippen molar-refractivity contribution in [1.82, 2.24) is 4.90 Å². The van der Waals surface area contributed by atoms with Crippen molar-refractivity contribution in [1.29, 1.82) is 0 Å². The second kappa shape index (κ2) is 8.91. The summed E-state index contributed by atoms with van der Waals surface area (Å²) in [5, 5.41) is 0. The minimum atomic E-state index is -4.40. The van der Waals surface area contributed by atoms with Crippen LogP contribution in [-0.2, 0) is 16.4 Å². The molecule has 1 saturated heterocycles. The van der Waals surface area contributed by atoms with Crippen molar-refractivity contribution >= 4 is 11.6 Å². The number of piperidine rings is 1. The smallest absolute Gasteiger partial charge is 0.416 e. The summed E-state index contributed by atoms with van der Waals surface area (Å²) in [6, 6.07) is 12.9. The first kappa shape index (κ1) is 23.1. The summed E-state index contributed by atoms with van der Waals surface area (Å²) in [5.41, 5.74) is 0.945. The van der Waals surface area contributed by atoms with E-state index in [4.69, 9.17) is 4.74 Å². The van der Waals surface area contributed by atoms with Crippen molar-refractivity contribution in [2.45, 2.75) is 38.8 Å². The van der Waals surface area contributed by atoms with Crippen LogP contribution in [0.1, 0.15) is 38.3 Å². The zero-order valence-electron chi connectivity index (χ0n) is 18.4. The number of amides is 1. The summed E-state index contributed by atoms with van der Waals surface area (Å²) in [6.45, 7) is 7.79. The third-order valence-corrected chi connectivity index (χ3v) is 6.52. The van der Waals surface area contributed by atoms with Crippen molar-refractivity contribution in [2.24, 2.45) is 5.92 Å². The van der Waals surface area contributed by atoms with Crippen molar-refractivity contribution in [3.63, 3.8) is 0 Å². The van der Waals surface area contributed by atoms with Gasteiger partial charge in [0.2, 0.25) is 5.91 Å². The highest BCUT2D eigenvalue weighted by Gasteiger charge is 2.38. The Morgan fingerprint density at radius 3 is 2.45 bits per heavy atom. The van der Waals surface area contributed by atoms with Crippen molar-refractivity contribution < 1.29 is 22.7 Å². The van der Waals surface area contributed by atoms with Crippen LogP contribution >= 0.6 is 0 Å². The number of nitrogens with zero attached hydrogens (tertiary/aromatic N) is 2. The van der Waals surface area contributed by atoms with E-state index in [0.717, 1.165) is 37.4 Å². The van der Waals surface area contributed by atoms with E-state index in [-0.39, 0.29) is 11.3 Å². The number of methoxy groups -OCH3 is 1. The molecule has 0 N–H and O–H groups in total. The lowest BCUT2D eigenvalue weighted by Gasteiger charge is -2.46. The number of carbonyl (C=O) groups is 1. The van der Waals surface area contributed by atoms with Gasteiger partial charge in [0.05, 0.1) is 19.3 Å². The minimum absolute atomic E-state index is 0.0273. The van der Waals surface area contributed by atoms with Gasteiger partial charge in [-0.05, 0) is 59.7 Å². The first-order valence-electron chi connectivity index (χ1n) is 10.4. The van der Waals surface area contributed by atoms with Gasteiger partial charge in [0.15, 0.2) is 0 Å². The lowest BCUT2D eigenvalue weighted by molar-refractivity contribution is -0.137. The Balaban J connectivity index is 1.73. The van der Waals surface area contributed by atoms with Gasteiger partial charge in [-0.3, -0.25) is 14.6 Å². The molecular formula is C24H29F3N2O2. The van der Waals surface area contributed by atoms with Gasteiger partial charge in [-0.2, -0.15) is 13.2 Å².